The Hall–Kier alpha value is -1.17. The number of hydrogen-bond donors (Lipinski definition) is 1. The molecule has 1 N–H and O–H groups in total. The summed E-state index contributed by atoms with van der Waals surface area (Å²) in [5.41, 5.74) is 0. The molecular formula is C10H19N5O. The van der Waals surface area contributed by atoms with Crippen LogP contribution in [0.3, 0.4) is 0 Å². The smallest absolute Gasteiger partial charge is 0.245 e. The van der Waals surface area contributed by atoms with Gasteiger partial charge in [0.15, 0.2) is 0 Å². The van der Waals surface area contributed by atoms with Crippen LogP contribution in [0.5, 0.6) is 0 Å². The second-order valence-electron chi connectivity index (χ2n) is 4.31. The van der Waals surface area contributed by atoms with E-state index in [2.05, 4.69) is 20.4 Å². The summed E-state index contributed by atoms with van der Waals surface area (Å²) >= 11 is 0. The summed E-state index contributed by atoms with van der Waals surface area (Å²) in [6.45, 7) is 0.752. The van der Waals surface area contributed by atoms with Gasteiger partial charge in [0.2, 0.25) is 5.95 Å². The highest BCUT2D eigenvalue weighted by molar-refractivity contribution is 5.30. The molecule has 0 bridgehead atoms. The number of rotatable bonds is 4. The molecule has 1 fully saturated rings. The van der Waals surface area contributed by atoms with Crippen molar-refractivity contribution in [2.45, 2.75) is 38.1 Å². The van der Waals surface area contributed by atoms with Crippen LogP contribution in [0.2, 0.25) is 0 Å². The fourth-order valence-corrected chi connectivity index (χ4v) is 2.41. The predicted molar refractivity (Wildman–Crippen MR) is 60.1 cm³/mol. The minimum absolute atomic E-state index is 0.142. The molecule has 0 radical (unpaired) electrons. The number of aliphatic hydroxyl groups is 1. The van der Waals surface area contributed by atoms with Gasteiger partial charge in [0.05, 0.1) is 6.61 Å². The second-order valence-corrected chi connectivity index (χ2v) is 4.31. The number of anilines is 1. The molecule has 1 aromatic heterocycles. The largest absolute Gasteiger partial charge is 0.395 e. The number of hydrogen-bond acceptors (Lipinski definition) is 5. The topological polar surface area (TPSA) is 67.1 Å². The Balaban J connectivity index is 2.12. The monoisotopic (exact) mass is 225 g/mol. The zero-order chi connectivity index (χ0) is 11.4. The van der Waals surface area contributed by atoms with Gasteiger partial charge in [-0.1, -0.05) is 24.4 Å². The predicted octanol–water partition coefficient (Wildman–Crippen LogP) is 0.341. The molecule has 0 atom stereocenters. The Labute approximate surface area is 95.2 Å². The first kappa shape index (κ1) is 11.3. The lowest BCUT2D eigenvalue weighted by Crippen LogP contribution is -2.40. The third-order valence-corrected chi connectivity index (χ3v) is 3.21. The van der Waals surface area contributed by atoms with E-state index < -0.39 is 0 Å². The van der Waals surface area contributed by atoms with Crippen molar-refractivity contribution in [3.63, 3.8) is 0 Å². The van der Waals surface area contributed by atoms with Crippen molar-refractivity contribution < 1.29 is 5.11 Å². The number of nitrogens with zero attached hydrogens (tertiary/aromatic N) is 5. The summed E-state index contributed by atoms with van der Waals surface area (Å²) in [6, 6.07) is 0.477. The molecule has 1 heterocycles. The van der Waals surface area contributed by atoms with Crippen LogP contribution >= 0.6 is 0 Å². The highest BCUT2D eigenvalue weighted by Gasteiger charge is 2.24. The first-order valence-electron chi connectivity index (χ1n) is 5.93. The maximum atomic E-state index is 9.14. The van der Waals surface area contributed by atoms with Crippen molar-refractivity contribution >= 4 is 5.95 Å². The van der Waals surface area contributed by atoms with E-state index in [-0.39, 0.29) is 6.61 Å². The molecule has 1 aromatic rings. The molecule has 0 aliphatic heterocycles. The first-order chi connectivity index (χ1) is 7.83. The number of aryl methyl sites for hydroxylation is 1. The molecule has 0 aromatic carbocycles. The van der Waals surface area contributed by atoms with E-state index in [1.165, 1.54) is 32.1 Å². The Kier molecular flexibility index (Phi) is 3.71. The molecule has 1 aliphatic carbocycles. The second kappa shape index (κ2) is 5.25. The van der Waals surface area contributed by atoms with Crippen LogP contribution in [-0.2, 0) is 7.05 Å². The van der Waals surface area contributed by atoms with E-state index in [1.54, 1.807) is 4.68 Å². The van der Waals surface area contributed by atoms with Gasteiger partial charge in [-0.2, -0.15) is 0 Å². The van der Waals surface area contributed by atoms with Crippen LogP contribution in [-0.4, -0.2) is 44.5 Å². The number of aliphatic hydroxyl groups excluding tert-OH is 1. The minimum Gasteiger partial charge on any atom is -0.395 e. The van der Waals surface area contributed by atoms with Crippen molar-refractivity contribution in [2.24, 2.45) is 7.05 Å². The van der Waals surface area contributed by atoms with Crippen LogP contribution in [0.25, 0.3) is 0 Å². The molecule has 6 nitrogen and oxygen atoms in total. The summed E-state index contributed by atoms with van der Waals surface area (Å²) < 4.78 is 1.67. The van der Waals surface area contributed by atoms with Gasteiger partial charge in [0.1, 0.15) is 0 Å². The number of aromatic nitrogens is 4. The van der Waals surface area contributed by atoms with E-state index in [9.17, 15) is 0 Å². The Bertz CT molecular complexity index is 321. The van der Waals surface area contributed by atoms with Crippen molar-refractivity contribution in [1.29, 1.82) is 0 Å². The first-order valence-corrected chi connectivity index (χ1v) is 5.93. The Morgan fingerprint density at radius 2 is 2.12 bits per heavy atom. The van der Waals surface area contributed by atoms with Crippen molar-refractivity contribution in [1.82, 2.24) is 20.2 Å². The lowest BCUT2D eigenvalue weighted by atomic mass is 9.94. The normalized spacial score (nSPS) is 17.6. The maximum absolute atomic E-state index is 9.14. The van der Waals surface area contributed by atoms with Gasteiger partial charge in [-0.25, -0.2) is 4.68 Å². The summed E-state index contributed by atoms with van der Waals surface area (Å²) in [5.74, 6) is 0.765. The molecule has 0 amide bonds. The van der Waals surface area contributed by atoms with Gasteiger partial charge in [-0.05, 0) is 23.3 Å². The zero-order valence-corrected chi connectivity index (χ0v) is 9.71. The van der Waals surface area contributed by atoms with Crippen molar-refractivity contribution in [3.8, 4) is 0 Å². The summed E-state index contributed by atoms with van der Waals surface area (Å²) in [4.78, 5) is 2.14. The van der Waals surface area contributed by atoms with E-state index in [4.69, 9.17) is 5.11 Å². The van der Waals surface area contributed by atoms with Crippen molar-refractivity contribution in [3.05, 3.63) is 0 Å². The van der Waals surface area contributed by atoms with Gasteiger partial charge in [-0.15, -0.1) is 0 Å². The quantitative estimate of drug-likeness (QED) is 0.800. The molecule has 16 heavy (non-hydrogen) atoms. The average Bonchev–Trinajstić information content (AvgIpc) is 2.73. The summed E-state index contributed by atoms with van der Waals surface area (Å²) in [5, 5.41) is 20.7. The highest BCUT2D eigenvalue weighted by Crippen LogP contribution is 2.25. The Morgan fingerprint density at radius 1 is 1.38 bits per heavy atom. The molecule has 0 saturated heterocycles. The van der Waals surface area contributed by atoms with Gasteiger partial charge in [-0.3, -0.25) is 0 Å². The van der Waals surface area contributed by atoms with Gasteiger partial charge >= 0.3 is 0 Å². The van der Waals surface area contributed by atoms with Gasteiger partial charge < -0.3 is 10.0 Å². The number of tetrazole rings is 1. The molecule has 2 rings (SSSR count). The van der Waals surface area contributed by atoms with Crippen LogP contribution in [0.4, 0.5) is 5.95 Å². The van der Waals surface area contributed by atoms with Crippen LogP contribution in [0.15, 0.2) is 0 Å². The fourth-order valence-electron chi connectivity index (χ4n) is 2.41. The molecule has 0 spiro atoms. The fraction of sp³-hybridized carbons (Fsp3) is 0.900. The Morgan fingerprint density at radius 3 is 2.69 bits per heavy atom. The van der Waals surface area contributed by atoms with E-state index in [0.717, 1.165) is 5.95 Å². The lowest BCUT2D eigenvalue weighted by molar-refractivity contribution is 0.288. The molecule has 1 saturated carbocycles. The van der Waals surface area contributed by atoms with E-state index in [1.807, 2.05) is 7.05 Å². The molecular weight excluding hydrogens is 206 g/mol. The zero-order valence-electron chi connectivity index (χ0n) is 9.71. The molecule has 90 valence electrons. The van der Waals surface area contributed by atoms with Crippen LogP contribution < -0.4 is 4.90 Å². The third-order valence-electron chi connectivity index (χ3n) is 3.21. The van der Waals surface area contributed by atoms with Gasteiger partial charge in [0, 0.05) is 19.6 Å². The third kappa shape index (κ3) is 2.32. The van der Waals surface area contributed by atoms with Gasteiger partial charge in [0.25, 0.3) is 0 Å². The van der Waals surface area contributed by atoms with E-state index >= 15 is 0 Å². The minimum atomic E-state index is 0.142. The maximum Gasteiger partial charge on any atom is 0.245 e. The van der Waals surface area contributed by atoms with Crippen LogP contribution in [0, 0.1) is 0 Å². The molecule has 6 heteroatoms. The summed E-state index contributed by atoms with van der Waals surface area (Å²) in [7, 11) is 1.84. The highest BCUT2D eigenvalue weighted by atomic mass is 16.3. The average molecular weight is 225 g/mol. The lowest BCUT2D eigenvalue weighted by Gasteiger charge is -2.33. The SMILES string of the molecule is Cn1nnnc1N(CCO)C1CCCCC1. The standard InChI is InChI=1S/C10H19N5O/c1-14-10(11-12-13-14)15(7-8-16)9-5-3-2-4-6-9/h9,16H,2-8H2,1H3. The van der Waals surface area contributed by atoms with Crippen molar-refractivity contribution in [2.75, 3.05) is 18.1 Å². The van der Waals surface area contributed by atoms with Crippen LogP contribution in [0.1, 0.15) is 32.1 Å². The molecule has 0 unspecified atom stereocenters. The summed E-state index contributed by atoms with van der Waals surface area (Å²) in [6.07, 6.45) is 6.19. The molecule has 1 aliphatic rings. The van der Waals surface area contributed by atoms with E-state index in [0.29, 0.717) is 12.6 Å².